The molecule has 5 fully saturated rings. The van der Waals surface area contributed by atoms with Crippen molar-refractivity contribution in [2.24, 2.45) is 23.2 Å². The molecule has 0 aliphatic heterocycles. The summed E-state index contributed by atoms with van der Waals surface area (Å²) in [5, 5.41) is 26.2. The van der Waals surface area contributed by atoms with E-state index in [9.17, 15) is 23.5 Å². The molecule has 5 aliphatic rings. The molecule has 7 rings (SSSR count). The van der Waals surface area contributed by atoms with E-state index in [0.29, 0.717) is 40.9 Å². The van der Waals surface area contributed by atoms with Crippen molar-refractivity contribution < 1.29 is 23.0 Å². The number of nitrogens with zero attached hydrogens (tertiary/aromatic N) is 4. The third-order valence-corrected chi connectivity index (χ3v) is 10.2. The lowest BCUT2D eigenvalue weighted by molar-refractivity contribution is -0.274. The molecule has 1 aromatic carbocycles. The zero-order valence-corrected chi connectivity index (χ0v) is 23.9. The van der Waals surface area contributed by atoms with Crippen LogP contribution in [0.4, 0.5) is 24.9 Å². The number of benzene rings is 1. The molecule has 1 aromatic heterocycles. The van der Waals surface area contributed by atoms with Gasteiger partial charge in [0.05, 0.1) is 12.3 Å². The van der Waals surface area contributed by atoms with Gasteiger partial charge in [0.15, 0.2) is 0 Å². The molecule has 226 valence electrons. The number of aromatic nitrogens is 2. The summed E-state index contributed by atoms with van der Waals surface area (Å²) in [4.78, 5) is 11.4. The fourth-order valence-corrected chi connectivity index (χ4v) is 8.76. The van der Waals surface area contributed by atoms with Gasteiger partial charge in [0.2, 0.25) is 5.95 Å². The average Bonchev–Trinajstić information content (AvgIpc) is 2.94. The second-order valence-corrected chi connectivity index (χ2v) is 13.0. The van der Waals surface area contributed by atoms with E-state index in [0.717, 1.165) is 51.0 Å². The predicted molar refractivity (Wildman–Crippen MR) is 151 cm³/mol. The third kappa shape index (κ3) is 6.16. The number of aliphatic hydroxyl groups excluding tert-OH is 1. The average molecular weight is 585 g/mol. The Balaban J connectivity index is 1.11. The van der Waals surface area contributed by atoms with Gasteiger partial charge < -0.3 is 20.5 Å². The van der Waals surface area contributed by atoms with Gasteiger partial charge in [-0.3, -0.25) is 4.90 Å². The molecular formula is C31H39F3N6O2. The number of anilines is 2. The fraction of sp³-hybridized carbons (Fsp3) is 0.645. The number of halogens is 3. The highest BCUT2D eigenvalue weighted by atomic mass is 19.4. The Morgan fingerprint density at radius 1 is 1.10 bits per heavy atom. The lowest BCUT2D eigenvalue weighted by Crippen LogP contribution is -2.61. The van der Waals surface area contributed by atoms with E-state index in [4.69, 9.17) is 0 Å². The summed E-state index contributed by atoms with van der Waals surface area (Å²) >= 11 is 0. The first-order valence-electron chi connectivity index (χ1n) is 15.1. The van der Waals surface area contributed by atoms with Crippen LogP contribution < -0.4 is 15.4 Å². The first-order valence-corrected chi connectivity index (χ1v) is 15.1. The van der Waals surface area contributed by atoms with Crippen molar-refractivity contribution in [3.8, 4) is 11.8 Å². The number of nitriles is 1. The van der Waals surface area contributed by atoms with E-state index < -0.39 is 6.36 Å². The second kappa shape index (κ2) is 11.5. The number of alkyl halides is 3. The number of ether oxygens (including phenoxy) is 1. The maximum atomic E-state index is 12.8. The van der Waals surface area contributed by atoms with Crippen LogP contribution in [0.2, 0.25) is 0 Å². The van der Waals surface area contributed by atoms with Crippen molar-refractivity contribution in [1.29, 1.82) is 5.26 Å². The van der Waals surface area contributed by atoms with Crippen LogP contribution in [-0.4, -0.2) is 58.1 Å². The SMILES string of the molecule is CN(C1CCC(O)CC1)[C@H]1[C@@H]2CC3C[C@H]1C[C@@](CNc1nc(NCc4ccccc4OC(F)(F)F)ncc1C#N)(C3)C2. The fourth-order valence-electron chi connectivity index (χ4n) is 8.76. The van der Waals surface area contributed by atoms with Crippen LogP contribution in [0.1, 0.15) is 68.9 Å². The smallest absolute Gasteiger partial charge is 0.405 e. The van der Waals surface area contributed by atoms with Gasteiger partial charge in [0, 0.05) is 30.7 Å². The Kier molecular flexibility index (Phi) is 7.96. The zero-order valence-electron chi connectivity index (χ0n) is 23.9. The van der Waals surface area contributed by atoms with Crippen LogP contribution in [0, 0.1) is 34.5 Å². The van der Waals surface area contributed by atoms with Crippen LogP contribution in [0.5, 0.6) is 5.75 Å². The van der Waals surface area contributed by atoms with Gasteiger partial charge in [0.25, 0.3) is 0 Å². The molecule has 2 aromatic rings. The van der Waals surface area contributed by atoms with Crippen LogP contribution in [0.15, 0.2) is 30.5 Å². The zero-order chi connectivity index (χ0) is 29.5. The molecule has 1 unspecified atom stereocenters. The van der Waals surface area contributed by atoms with Crippen molar-refractivity contribution in [3.05, 3.63) is 41.6 Å². The normalized spacial score (nSPS) is 32.0. The Morgan fingerprint density at radius 3 is 2.50 bits per heavy atom. The summed E-state index contributed by atoms with van der Waals surface area (Å²) in [6, 6.07) is 9.26. The molecule has 11 heteroatoms. The topological polar surface area (TPSA) is 106 Å². The van der Waals surface area contributed by atoms with E-state index in [-0.39, 0.29) is 29.8 Å². The highest BCUT2D eigenvalue weighted by molar-refractivity contribution is 5.53. The molecule has 0 amide bonds. The Labute approximate surface area is 244 Å². The minimum atomic E-state index is -4.79. The van der Waals surface area contributed by atoms with E-state index in [1.165, 1.54) is 37.6 Å². The van der Waals surface area contributed by atoms with E-state index in [1.54, 1.807) is 12.1 Å². The number of hydrogen-bond donors (Lipinski definition) is 3. The Bertz CT molecular complexity index is 1290. The first-order chi connectivity index (χ1) is 20.1. The number of aliphatic hydroxyl groups is 1. The van der Waals surface area contributed by atoms with Gasteiger partial charge in [-0.05, 0) is 94.1 Å². The van der Waals surface area contributed by atoms with Gasteiger partial charge in [-0.25, -0.2) is 4.98 Å². The maximum absolute atomic E-state index is 12.8. The molecule has 8 nitrogen and oxygen atoms in total. The largest absolute Gasteiger partial charge is 0.573 e. The summed E-state index contributed by atoms with van der Waals surface area (Å²) in [5.41, 5.74) is 0.813. The molecule has 0 saturated heterocycles. The summed E-state index contributed by atoms with van der Waals surface area (Å²) in [7, 11) is 2.31. The molecule has 1 heterocycles. The van der Waals surface area contributed by atoms with E-state index >= 15 is 0 Å². The lowest BCUT2D eigenvalue weighted by Gasteiger charge is -2.62. The lowest BCUT2D eigenvalue weighted by atomic mass is 9.47. The van der Waals surface area contributed by atoms with Crippen molar-refractivity contribution >= 4 is 11.8 Å². The second-order valence-electron chi connectivity index (χ2n) is 13.0. The van der Waals surface area contributed by atoms with Crippen LogP contribution in [0.3, 0.4) is 0 Å². The predicted octanol–water partition coefficient (Wildman–Crippen LogP) is 5.70. The number of para-hydroxylation sites is 1. The van der Waals surface area contributed by atoms with Crippen molar-refractivity contribution in [2.75, 3.05) is 24.2 Å². The Morgan fingerprint density at radius 2 is 1.81 bits per heavy atom. The van der Waals surface area contributed by atoms with Gasteiger partial charge in [-0.2, -0.15) is 10.2 Å². The molecule has 5 saturated carbocycles. The van der Waals surface area contributed by atoms with Gasteiger partial charge in [0.1, 0.15) is 23.2 Å². The van der Waals surface area contributed by atoms with Gasteiger partial charge in [-0.15, -0.1) is 13.2 Å². The van der Waals surface area contributed by atoms with Crippen molar-refractivity contribution in [2.45, 2.75) is 88.9 Å². The monoisotopic (exact) mass is 584 g/mol. The molecule has 5 aliphatic carbocycles. The number of rotatable bonds is 9. The minimum Gasteiger partial charge on any atom is -0.405 e. The summed E-state index contributed by atoms with van der Waals surface area (Å²) in [5.74, 6) is 2.44. The van der Waals surface area contributed by atoms with E-state index in [2.05, 4.69) is 43.4 Å². The molecule has 3 N–H and O–H groups in total. The third-order valence-electron chi connectivity index (χ3n) is 10.2. The highest BCUT2D eigenvalue weighted by Crippen LogP contribution is 2.61. The maximum Gasteiger partial charge on any atom is 0.573 e. The molecule has 0 radical (unpaired) electrons. The molecule has 4 bridgehead atoms. The first kappa shape index (κ1) is 29.0. The van der Waals surface area contributed by atoms with E-state index in [1.807, 2.05) is 0 Å². The summed E-state index contributed by atoms with van der Waals surface area (Å²) < 4.78 is 42.6. The van der Waals surface area contributed by atoms with Gasteiger partial charge in [-0.1, -0.05) is 18.2 Å². The van der Waals surface area contributed by atoms with Gasteiger partial charge >= 0.3 is 6.36 Å². The van der Waals surface area contributed by atoms with Crippen molar-refractivity contribution in [1.82, 2.24) is 14.9 Å². The van der Waals surface area contributed by atoms with Crippen molar-refractivity contribution in [3.63, 3.8) is 0 Å². The highest BCUT2D eigenvalue weighted by Gasteiger charge is 2.56. The number of nitrogens with one attached hydrogen (secondary N) is 2. The molecule has 5 atom stereocenters. The molecule has 42 heavy (non-hydrogen) atoms. The quantitative estimate of drug-likeness (QED) is 0.345. The minimum absolute atomic E-state index is 0.0292. The van der Waals surface area contributed by atoms with Crippen LogP contribution in [0.25, 0.3) is 0 Å². The van der Waals surface area contributed by atoms with Crippen LogP contribution in [-0.2, 0) is 6.54 Å². The molecule has 0 spiro atoms. The van der Waals surface area contributed by atoms with Crippen LogP contribution >= 0.6 is 0 Å². The molecular weight excluding hydrogens is 545 g/mol. The number of hydrogen-bond acceptors (Lipinski definition) is 8. The summed E-state index contributed by atoms with van der Waals surface area (Å²) in [6.45, 7) is 0.761. The summed E-state index contributed by atoms with van der Waals surface area (Å²) in [6.07, 6.45) is 6.54. The Hall–Kier alpha value is -3.10. The standard InChI is InChI=1S/C31H39F3N6O2/c1-40(24-6-8-25(41)9-7-24)27-21-10-19-11-22(27)14-30(12-19,13-21)18-38-28-23(15-35)17-37-29(39-28)36-16-20-4-2-3-5-26(20)42-31(32,33)34/h2-5,17,19,21-22,24-25,27,41H,6-14,16,18H2,1H3,(H2,36,37,38,39)/t19?,21-,22+,24?,25?,27+,30-.